The molecule has 0 spiro atoms. The van der Waals surface area contributed by atoms with Gasteiger partial charge in [0.25, 0.3) is 0 Å². The minimum absolute atomic E-state index is 0.278. The molecule has 0 aliphatic rings. The molecule has 2 nitrogen and oxygen atoms in total. The van der Waals surface area contributed by atoms with Gasteiger partial charge in [0, 0.05) is 22.3 Å². The van der Waals surface area contributed by atoms with Gasteiger partial charge in [-0.1, -0.05) is 217 Å². The Morgan fingerprint density at radius 2 is 0.621 bits per heavy atom. The highest BCUT2D eigenvalue weighted by atomic mass is 16.5. The Morgan fingerprint density at radius 1 is 0.318 bits per heavy atom. The topological polar surface area (TPSA) is 18.5 Å². The van der Waals surface area contributed by atoms with Crippen molar-refractivity contribution in [2.75, 3.05) is 0 Å². The Balaban J connectivity index is 1.60. The Hall–Kier alpha value is -6.12. The van der Waals surface area contributed by atoms with Crippen LogP contribution in [0.4, 0.5) is 0 Å². The summed E-state index contributed by atoms with van der Waals surface area (Å²) in [4.78, 5) is 0. The van der Waals surface area contributed by atoms with Gasteiger partial charge in [-0.2, -0.15) is 0 Å². The van der Waals surface area contributed by atoms with Gasteiger partial charge in [-0.15, -0.1) is 0 Å². The molecule has 8 rings (SSSR count). The first-order valence-electron chi connectivity index (χ1n) is 24.5. The van der Waals surface area contributed by atoms with Crippen LogP contribution in [0.25, 0.3) is 54.9 Å². The summed E-state index contributed by atoms with van der Waals surface area (Å²) in [6, 6.07) is 53.8. The molecule has 8 aromatic carbocycles. The summed E-state index contributed by atoms with van der Waals surface area (Å²) in [5.41, 5.74) is 17.3. The van der Waals surface area contributed by atoms with Crippen molar-refractivity contribution in [3.63, 3.8) is 0 Å². The molecule has 2 heteroatoms. The van der Waals surface area contributed by atoms with Gasteiger partial charge in [0.05, 0.1) is 0 Å². The highest BCUT2D eigenvalue weighted by molar-refractivity contribution is 6.14. The highest BCUT2D eigenvalue weighted by Crippen LogP contribution is 2.56. The van der Waals surface area contributed by atoms with Crippen LogP contribution in [-0.4, -0.2) is 0 Å². The fourth-order valence-electron chi connectivity index (χ4n) is 9.82. The van der Waals surface area contributed by atoms with E-state index in [1.807, 2.05) is 0 Å². The summed E-state index contributed by atoms with van der Waals surface area (Å²) >= 11 is 0. The van der Waals surface area contributed by atoms with Gasteiger partial charge in [0.15, 0.2) is 0 Å². The van der Waals surface area contributed by atoms with Crippen molar-refractivity contribution in [2.24, 2.45) is 0 Å². The lowest BCUT2D eigenvalue weighted by atomic mass is 9.78. The first-order valence-corrected chi connectivity index (χ1v) is 24.5. The van der Waals surface area contributed by atoms with Gasteiger partial charge in [-0.3, -0.25) is 0 Å². The molecule has 338 valence electrons. The van der Waals surface area contributed by atoms with Crippen molar-refractivity contribution in [1.82, 2.24) is 0 Å². The normalized spacial score (nSPS) is 12.0. The molecule has 0 heterocycles. The lowest BCUT2D eigenvalue weighted by Crippen LogP contribution is -2.08. The van der Waals surface area contributed by atoms with Crippen LogP contribution in [0.2, 0.25) is 0 Å². The smallest absolute Gasteiger partial charge is 0.136 e. The standard InChI is InChI=1S/C64H70O2/c1-39(2)49-33-53(41(5)6)59(54(34-49)42(7)8)57-31-47-27-19-21-29-51(47)61(63(57)65-37-45-23-15-13-16-24-45)62-52-30-22-20-28-48(52)32-58(64(62)66-38-46-25-17-14-18-26-46)60-55(43(9)10)35-50(40(3)4)36-56(60)44(11)12/h13-36,39-44H,37-38H2,1-12H3. The van der Waals surface area contributed by atoms with Gasteiger partial charge < -0.3 is 9.47 Å². The van der Waals surface area contributed by atoms with E-state index in [0.29, 0.717) is 25.0 Å². The summed E-state index contributed by atoms with van der Waals surface area (Å²) in [6.07, 6.45) is 0. The van der Waals surface area contributed by atoms with Crippen molar-refractivity contribution in [3.05, 3.63) is 190 Å². The average molecular weight is 871 g/mol. The zero-order valence-electron chi connectivity index (χ0n) is 41.6. The first-order chi connectivity index (χ1) is 31.7. The molecule has 8 aromatic rings. The molecule has 0 N–H and O–H groups in total. The molecule has 0 atom stereocenters. The van der Waals surface area contributed by atoms with Gasteiger partial charge in [-0.05, 0) is 125 Å². The summed E-state index contributed by atoms with van der Waals surface area (Å²) in [5, 5.41) is 4.61. The van der Waals surface area contributed by atoms with Crippen LogP contribution in [0, 0.1) is 0 Å². The van der Waals surface area contributed by atoms with E-state index in [1.165, 1.54) is 55.3 Å². The minimum atomic E-state index is 0.278. The van der Waals surface area contributed by atoms with Crippen LogP contribution in [0.15, 0.2) is 146 Å². The Morgan fingerprint density at radius 3 is 0.924 bits per heavy atom. The number of hydrogen-bond acceptors (Lipinski definition) is 2. The lowest BCUT2D eigenvalue weighted by Gasteiger charge is -2.29. The molecule has 0 saturated carbocycles. The number of fused-ring (bicyclic) bond motifs is 2. The zero-order valence-corrected chi connectivity index (χ0v) is 41.6. The van der Waals surface area contributed by atoms with E-state index in [4.69, 9.17) is 9.47 Å². The summed E-state index contributed by atoms with van der Waals surface area (Å²) < 4.78 is 15.1. The third-order valence-corrected chi connectivity index (χ3v) is 13.5. The molecule has 66 heavy (non-hydrogen) atoms. The fourth-order valence-corrected chi connectivity index (χ4v) is 9.82. The lowest BCUT2D eigenvalue weighted by molar-refractivity contribution is 0.304. The molecule has 0 radical (unpaired) electrons. The summed E-state index contributed by atoms with van der Waals surface area (Å²) in [6.45, 7) is 28.8. The third kappa shape index (κ3) is 9.30. The maximum Gasteiger partial charge on any atom is 0.136 e. The molecule has 0 bridgehead atoms. The highest BCUT2D eigenvalue weighted by Gasteiger charge is 2.31. The van der Waals surface area contributed by atoms with Crippen LogP contribution in [-0.2, 0) is 13.2 Å². The number of rotatable bonds is 15. The van der Waals surface area contributed by atoms with E-state index in [0.717, 1.165) is 55.7 Å². The number of hydrogen-bond donors (Lipinski definition) is 0. The Bertz CT molecular complexity index is 2700. The van der Waals surface area contributed by atoms with Gasteiger partial charge in [0.2, 0.25) is 0 Å². The van der Waals surface area contributed by atoms with Gasteiger partial charge in [0.1, 0.15) is 24.7 Å². The van der Waals surface area contributed by atoms with Crippen LogP contribution < -0.4 is 9.47 Å². The molecular formula is C64H70O2. The van der Waals surface area contributed by atoms with Gasteiger partial charge >= 0.3 is 0 Å². The molecule has 0 amide bonds. The average Bonchev–Trinajstić information content (AvgIpc) is 3.31. The third-order valence-electron chi connectivity index (χ3n) is 13.5. The minimum Gasteiger partial charge on any atom is -0.488 e. The summed E-state index contributed by atoms with van der Waals surface area (Å²) in [5.74, 6) is 3.67. The molecular weight excluding hydrogens is 801 g/mol. The second kappa shape index (κ2) is 19.8. The van der Waals surface area contributed by atoms with E-state index < -0.39 is 0 Å². The maximum absolute atomic E-state index is 7.54. The van der Waals surface area contributed by atoms with E-state index in [9.17, 15) is 0 Å². The van der Waals surface area contributed by atoms with Crippen molar-refractivity contribution < 1.29 is 9.47 Å². The number of benzene rings is 8. The monoisotopic (exact) mass is 871 g/mol. The molecule has 0 aliphatic carbocycles. The zero-order chi connectivity index (χ0) is 46.8. The molecule has 0 aliphatic heterocycles. The van der Waals surface area contributed by atoms with E-state index in [-0.39, 0.29) is 23.7 Å². The van der Waals surface area contributed by atoms with Crippen LogP contribution >= 0.6 is 0 Å². The van der Waals surface area contributed by atoms with E-state index in [2.05, 4.69) is 229 Å². The molecule has 0 aromatic heterocycles. The van der Waals surface area contributed by atoms with Crippen molar-refractivity contribution in [1.29, 1.82) is 0 Å². The van der Waals surface area contributed by atoms with Crippen LogP contribution in [0.5, 0.6) is 11.5 Å². The van der Waals surface area contributed by atoms with E-state index >= 15 is 0 Å². The second-order valence-corrected chi connectivity index (χ2v) is 20.3. The van der Waals surface area contributed by atoms with Gasteiger partial charge in [-0.25, -0.2) is 0 Å². The maximum atomic E-state index is 7.54. The molecule has 0 fully saturated rings. The quantitative estimate of drug-likeness (QED) is 0.102. The Kier molecular flexibility index (Phi) is 13.9. The number of ether oxygens (including phenoxy) is 2. The molecule has 0 unspecified atom stereocenters. The van der Waals surface area contributed by atoms with Crippen LogP contribution in [0.3, 0.4) is 0 Å². The SMILES string of the molecule is CC(C)c1cc(C(C)C)c(-c2cc3ccccc3c(-c3c(OCc4ccccc4)c(-c4c(C(C)C)cc(C(C)C)cc4C(C)C)cc4ccccc34)c2OCc2ccccc2)c(C(C)C)c1. The predicted molar refractivity (Wildman–Crippen MR) is 284 cm³/mol. The van der Waals surface area contributed by atoms with Crippen molar-refractivity contribution >= 4 is 21.5 Å². The van der Waals surface area contributed by atoms with Crippen molar-refractivity contribution in [3.8, 4) is 44.9 Å². The first kappa shape index (κ1) is 46.4. The Labute approximate surface area is 396 Å². The predicted octanol–water partition coefficient (Wildman–Crippen LogP) is 18.9. The van der Waals surface area contributed by atoms with E-state index in [1.54, 1.807) is 0 Å². The van der Waals surface area contributed by atoms with Crippen LogP contribution in [0.1, 0.15) is 163 Å². The summed E-state index contributed by atoms with van der Waals surface area (Å²) in [7, 11) is 0. The fraction of sp³-hybridized carbons (Fsp3) is 0.312. The molecule has 0 saturated heterocycles. The van der Waals surface area contributed by atoms with Crippen molar-refractivity contribution in [2.45, 2.75) is 132 Å². The largest absolute Gasteiger partial charge is 0.488 e. The second-order valence-electron chi connectivity index (χ2n) is 20.3.